The average Bonchev–Trinajstić information content (AvgIpc) is 1.99. The molecule has 3 nitrogen and oxygen atoms in total. The highest BCUT2D eigenvalue weighted by molar-refractivity contribution is 5.75. The lowest BCUT2D eigenvalue weighted by molar-refractivity contribution is -0.206. The van der Waals surface area contributed by atoms with Gasteiger partial charge in [0.15, 0.2) is 0 Å². The molecular formula is C7H11F3O3. The molecule has 0 N–H and O–H groups in total. The van der Waals surface area contributed by atoms with E-state index in [1.807, 2.05) is 0 Å². The summed E-state index contributed by atoms with van der Waals surface area (Å²) in [6.07, 6.45) is -5.81. The summed E-state index contributed by atoms with van der Waals surface area (Å²) in [6, 6.07) is 0. The van der Waals surface area contributed by atoms with Crippen molar-refractivity contribution in [2.24, 2.45) is 0 Å². The molecule has 0 aromatic carbocycles. The molecule has 0 heterocycles. The van der Waals surface area contributed by atoms with Crippen molar-refractivity contribution < 1.29 is 27.4 Å². The van der Waals surface area contributed by atoms with Gasteiger partial charge in [-0.15, -0.1) is 0 Å². The fourth-order valence-corrected chi connectivity index (χ4v) is 0.567. The van der Waals surface area contributed by atoms with Crippen molar-refractivity contribution in [2.45, 2.75) is 26.1 Å². The molecule has 0 fully saturated rings. The average molecular weight is 200 g/mol. The Kier molecular flexibility index (Phi) is 4.76. The monoisotopic (exact) mass is 200 g/mol. The van der Waals surface area contributed by atoms with Gasteiger partial charge in [0.1, 0.15) is 6.10 Å². The van der Waals surface area contributed by atoms with Gasteiger partial charge < -0.3 is 9.47 Å². The van der Waals surface area contributed by atoms with Crippen LogP contribution in [0.3, 0.4) is 0 Å². The topological polar surface area (TPSA) is 35.5 Å². The first-order valence-electron chi connectivity index (χ1n) is 3.73. The molecule has 13 heavy (non-hydrogen) atoms. The van der Waals surface area contributed by atoms with E-state index < -0.39 is 18.2 Å². The third-order valence-electron chi connectivity index (χ3n) is 1.10. The van der Waals surface area contributed by atoms with Crippen molar-refractivity contribution in [3.05, 3.63) is 0 Å². The summed E-state index contributed by atoms with van der Waals surface area (Å²) in [5.74, 6) is -2.18. The summed E-state index contributed by atoms with van der Waals surface area (Å²) in [6.45, 7) is 3.36. The van der Waals surface area contributed by atoms with Crippen LogP contribution >= 0.6 is 0 Å². The Balaban J connectivity index is 3.79. The van der Waals surface area contributed by atoms with Crippen LogP contribution in [-0.2, 0) is 14.3 Å². The molecule has 1 unspecified atom stereocenters. The van der Waals surface area contributed by atoms with Gasteiger partial charge in [0.25, 0.3) is 0 Å². The van der Waals surface area contributed by atoms with Crippen LogP contribution < -0.4 is 0 Å². The van der Waals surface area contributed by atoms with Crippen LogP contribution in [0.5, 0.6) is 0 Å². The summed E-state index contributed by atoms with van der Waals surface area (Å²) in [5.41, 5.74) is 0. The maximum Gasteiger partial charge on any atom is 0.490 e. The number of hydrogen-bond acceptors (Lipinski definition) is 3. The zero-order chi connectivity index (χ0) is 10.5. The summed E-state index contributed by atoms with van der Waals surface area (Å²) in [5, 5.41) is 0. The molecule has 1 atom stereocenters. The first kappa shape index (κ1) is 12.2. The SMILES string of the molecule is CCOCC(C)OC(=O)C(F)(F)F. The summed E-state index contributed by atoms with van der Waals surface area (Å²) >= 11 is 0. The highest BCUT2D eigenvalue weighted by Crippen LogP contribution is 2.17. The molecule has 0 aliphatic carbocycles. The zero-order valence-electron chi connectivity index (χ0n) is 7.35. The van der Waals surface area contributed by atoms with Crippen molar-refractivity contribution in [2.75, 3.05) is 13.2 Å². The van der Waals surface area contributed by atoms with Crippen molar-refractivity contribution in [3.8, 4) is 0 Å². The van der Waals surface area contributed by atoms with Crippen LogP contribution in [0.2, 0.25) is 0 Å². The first-order chi connectivity index (χ1) is 5.88. The van der Waals surface area contributed by atoms with Crippen molar-refractivity contribution in [1.82, 2.24) is 0 Å². The normalized spacial score (nSPS) is 13.9. The Morgan fingerprint density at radius 1 is 1.46 bits per heavy atom. The quantitative estimate of drug-likeness (QED) is 0.645. The Labute approximate surface area is 73.8 Å². The van der Waals surface area contributed by atoms with Crippen LogP contribution in [0.1, 0.15) is 13.8 Å². The molecule has 0 aliphatic rings. The molecule has 0 aromatic heterocycles. The molecule has 0 rings (SSSR count). The van der Waals surface area contributed by atoms with Gasteiger partial charge in [0, 0.05) is 6.61 Å². The van der Waals surface area contributed by atoms with Crippen LogP contribution in [0.4, 0.5) is 13.2 Å². The lowest BCUT2D eigenvalue weighted by Gasteiger charge is -2.13. The number of hydrogen-bond donors (Lipinski definition) is 0. The first-order valence-corrected chi connectivity index (χ1v) is 3.73. The van der Waals surface area contributed by atoms with Crippen LogP contribution in [0.25, 0.3) is 0 Å². The van der Waals surface area contributed by atoms with Crippen LogP contribution in [0, 0.1) is 0 Å². The van der Waals surface area contributed by atoms with Gasteiger partial charge in [-0.2, -0.15) is 13.2 Å². The smallest absolute Gasteiger partial charge is 0.454 e. The van der Waals surface area contributed by atoms with Crippen LogP contribution in [-0.4, -0.2) is 31.5 Å². The van der Waals surface area contributed by atoms with Gasteiger partial charge in [-0.3, -0.25) is 0 Å². The molecule has 0 amide bonds. The Bertz CT molecular complexity index is 167. The fourth-order valence-electron chi connectivity index (χ4n) is 0.567. The predicted octanol–water partition coefficient (Wildman–Crippen LogP) is 1.52. The molecule has 0 saturated carbocycles. The number of carbonyl (C=O) groups is 1. The molecule has 6 heteroatoms. The maximum atomic E-state index is 11.6. The van der Waals surface area contributed by atoms with Crippen molar-refractivity contribution in [1.29, 1.82) is 0 Å². The van der Waals surface area contributed by atoms with Gasteiger partial charge in [0.05, 0.1) is 6.61 Å². The number of carbonyl (C=O) groups excluding carboxylic acids is 1. The molecular weight excluding hydrogens is 189 g/mol. The van der Waals surface area contributed by atoms with Gasteiger partial charge in [0.2, 0.25) is 0 Å². The standard InChI is InChI=1S/C7H11F3O3/c1-3-12-4-5(2)13-6(11)7(8,9)10/h5H,3-4H2,1-2H3. The lowest BCUT2D eigenvalue weighted by atomic mass is 10.4. The van der Waals surface area contributed by atoms with E-state index in [1.165, 1.54) is 6.92 Å². The van der Waals surface area contributed by atoms with Gasteiger partial charge in [-0.1, -0.05) is 0 Å². The number of rotatable bonds is 4. The van der Waals surface area contributed by atoms with E-state index >= 15 is 0 Å². The second kappa shape index (κ2) is 5.06. The molecule has 0 aliphatic heterocycles. The van der Waals surface area contributed by atoms with Gasteiger partial charge in [-0.05, 0) is 13.8 Å². The van der Waals surface area contributed by atoms with Crippen molar-refractivity contribution >= 4 is 5.97 Å². The van der Waals surface area contributed by atoms with Crippen LogP contribution in [0.15, 0.2) is 0 Å². The number of alkyl halides is 3. The maximum absolute atomic E-state index is 11.6. The number of ether oxygens (including phenoxy) is 2. The minimum absolute atomic E-state index is 0.0294. The number of esters is 1. The molecule has 0 bridgehead atoms. The van der Waals surface area contributed by atoms with Gasteiger partial charge >= 0.3 is 12.1 Å². The zero-order valence-corrected chi connectivity index (χ0v) is 7.35. The van der Waals surface area contributed by atoms with E-state index in [-0.39, 0.29) is 6.61 Å². The van der Waals surface area contributed by atoms with E-state index in [9.17, 15) is 18.0 Å². The van der Waals surface area contributed by atoms with Crippen molar-refractivity contribution in [3.63, 3.8) is 0 Å². The molecule has 0 saturated heterocycles. The Hall–Kier alpha value is -0.780. The third kappa shape index (κ3) is 5.46. The lowest BCUT2D eigenvalue weighted by Crippen LogP contribution is -2.30. The second-order valence-corrected chi connectivity index (χ2v) is 2.37. The summed E-state index contributed by atoms with van der Waals surface area (Å²) < 4.78 is 43.6. The molecule has 0 spiro atoms. The Morgan fingerprint density at radius 2 is 2.00 bits per heavy atom. The largest absolute Gasteiger partial charge is 0.490 e. The van der Waals surface area contributed by atoms with E-state index in [0.717, 1.165) is 0 Å². The minimum Gasteiger partial charge on any atom is -0.454 e. The second-order valence-electron chi connectivity index (χ2n) is 2.37. The van der Waals surface area contributed by atoms with E-state index in [1.54, 1.807) is 6.92 Å². The van der Waals surface area contributed by atoms with E-state index in [2.05, 4.69) is 4.74 Å². The summed E-state index contributed by atoms with van der Waals surface area (Å²) in [4.78, 5) is 10.2. The number of halogens is 3. The highest BCUT2D eigenvalue weighted by Gasteiger charge is 2.41. The minimum atomic E-state index is -4.93. The summed E-state index contributed by atoms with van der Waals surface area (Å²) in [7, 11) is 0. The van der Waals surface area contributed by atoms with E-state index in [0.29, 0.717) is 6.61 Å². The fraction of sp³-hybridized carbons (Fsp3) is 0.857. The molecule has 78 valence electrons. The predicted molar refractivity (Wildman–Crippen MR) is 38.1 cm³/mol. The Morgan fingerprint density at radius 3 is 2.38 bits per heavy atom. The third-order valence-corrected chi connectivity index (χ3v) is 1.10. The van der Waals surface area contributed by atoms with E-state index in [4.69, 9.17) is 4.74 Å². The molecule has 0 radical (unpaired) electrons. The van der Waals surface area contributed by atoms with Gasteiger partial charge in [-0.25, -0.2) is 4.79 Å². The molecule has 0 aromatic rings. The highest BCUT2D eigenvalue weighted by atomic mass is 19.4.